The third-order valence-corrected chi connectivity index (χ3v) is 6.18. The van der Waals surface area contributed by atoms with Crippen LogP contribution in [0.15, 0.2) is 90.4 Å². The van der Waals surface area contributed by atoms with Crippen molar-refractivity contribution in [3.8, 4) is 11.5 Å². The Morgan fingerprint density at radius 2 is 1.86 bits per heavy atom. The molecule has 4 aromatic rings. The summed E-state index contributed by atoms with van der Waals surface area (Å²) in [5, 5.41) is 10.6. The lowest BCUT2D eigenvalue weighted by molar-refractivity contribution is -0.118. The van der Waals surface area contributed by atoms with E-state index in [9.17, 15) is 9.18 Å². The molecule has 3 aromatic carbocycles. The number of nitrogens with zero attached hydrogens (tertiary/aromatic N) is 3. The molecule has 1 aromatic heterocycles. The Bertz CT molecular complexity index is 1450. The first-order valence-corrected chi connectivity index (χ1v) is 11.8. The van der Waals surface area contributed by atoms with Gasteiger partial charge in [-0.05, 0) is 36.2 Å². The van der Waals surface area contributed by atoms with Gasteiger partial charge >= 0.3 is 0 Å². The van der Waals surface area contributed by atoms with Crippen LogP contribution >= 0.6 is 0 Å². The molecule has 0 fully saturated rings. The van der Waals surface area contributed by atoms with Crippen molar-refractivity contribution in [3.63, 3.8) is 0 Å². The summed E-state index contributed by atoms with van der Waals surface area (Å²) in [6.07, 6.45) is 1.44. The Kier molecular flexibility index (Phi) is 6.85. The zero-order valence-electron chi connectivity index (χ0n) is 20.4. The van der Waals surface area contributed by atoms with Gasteiger partial charge in [0, 0.05) is 17.8 Å². The van der Waals surface area contributed by atoms with Crippen LogP contribution in [-0.2, 0) is 17.9 Å². The highest BCUT2D eigenvalue weighted by atomic mass is 19.1. The van der Waals surface area contributed by atoms with Crippen LogP contribution in [0.4, 0.5) is 10.3 Å². The molecular weight excluding hydrogens is 473 g/mol. The second-order valence-corrected chi connectivity index (χ2v) is 8.55. The van der Waals surface area contributed by atoms with Gasteiger partial charge in [0.2, 0.25) is 5.95 Å². The topological polar surface area (TPSA) is 90.3 Å². The number of rotatable bonds is 8. The highest BCUT2D eigenvalue weighted by Crippen LogP contribution is 2.38. The van der Waals surface area contributed by atoms with Crippen LogP contribution in [-0.4, -0.2) is 27.8 Å². The lowest BCUT2D eigenvalue weighted by Crippen LogP contribution is -2.34. The summed E-state index contributed by atoms with van der Waals surface area (Å²) in [6, 6.07) is 21.0. The van der Waals surface area contributed by atoms with Gasteiger partial charge in [0.25, 0.3) is 5.91 Å². The number of nitrogens with one attached hydrogen (secondary N) is 2. The van der Waals surface area contributed by atoms with Crippen molar-refractivity contribution in [2.45, 2.75) is 26.1 Å². The number of hydrogen-bond donors (Lipinski definition) is 2. The molecule has 0 radical (unpaired) electrons. The molecule has 5 rings (SSSR count). The molecule has 2 heterocycles. The fourth-order valence-corrected chi connectivity index (χ4v) is 4.31. The molecule has 0 bridgehead atoms. The number of ether oxygens (including phenoxy) is 2. The van der Waals surface area contributed by atoms with Crippen LogP contribution in [0.25, 0.3) is 0 Å². The predicted molar refractivity (Wildman–Crippen MR) is 136 cm³/mol. The van der Waals surface area contributed by atoms with Gasteiger partial charge in [0.15, 0.2) is 11.5 Å². The van der Waals surface area contributed by atoms with E-state index in [-0.39, 0.29) is 18.3 Å². The molecule has 1 amide bonds. The number of fused-ring (bicyclic) bond motifs is 1. The van der Waals surface area contributed by atoms with Gasteiger partial charge in [0.05, 0.1) is 12.7 Å². The van der Waals surface area contributed by atoms with Crippen molar-refractivity contribution in [2.75, 3.05) is 12.4 Å². The number of carbonyl (C=O) groups excluding carboxylic acids is 1. The summed E-state index contributed by atoms with van der Waals surface area (Å²) in [4.78, 5) is 17.7. The summed E-state index contributed by atoms with van der Waals surface area (Å²) in [5.74, 6) is 0.881. The van der Waals surface area contributed by atoms with Gasteiger partial charge in [-0.15, -0.1) is 0 Å². The lowest BCUT2D eigenvalue weighted by Gasteiger charge is -2.29. The van der Waals surface area contributed by atoms with E-state index in [1.165, 1.54) is 19.5 Å². The first kappa shape index (κ1) is 24.1. The molecule has 8 nitrogen and oxygen atoms in total. The maximum absolute atomic E-state index is 14.0. The van der Waals surface area contributed by atoms with Gasteiger partial charge in [-0.2, -0.15) is 10.1 Å². The number of hydrogen-bond acceptors (Lipinski definition) is 6. The average Bonchev–Trinajstić information content (AvgIpc) is 3.39. The average molecular weight is 500 g/mol. The highest BCUT2D eigenvalue weighted by molar-refractivity contribution is 5.96. The van der Waals surface area contributed by atoms with Crippen LogP contribution in [0.2, 0.25) is 0 Å². The molecule has 1 atom stereocenters. The molecule has 0 saturated carbocycles. The van der Waals surface area contributed by atoms with Gasteiger partial charge in [-0.25, -0.2) is 9.07 Å². The molecule has 0 saturated heterocycles. The van der Waals surface area contributed by atoms with Gasteiger partial charge in [-0.1, -0.05) is 54.6 Å². The van der Waals surface area contributed by atoms with E-state index >= 15 is 0 Å². The van der Waals surface area contributed by atoms with E-state index in [0.29, 0.717) is 40.8 Å². The van der Waals surface area contributed by atoms with Gasteiger partial charge in [0.1, 0.15) is 24.8 Å². The first-order chi connectivity index (χ1) is 18.0. The smallest absolute Gasteiger partial charge is 0.251 e. The number of aromatic nitrogens is 3. The number of methoxy groups -OCH3 is 1. The van der Waals surface area contributed by atoms with Crippen molar-refractivity contribution in [3.05, 3.63) is 113 Å². The first-order valence-electron chi connectivity index (χ1n) is 11.8. The number of carbonyl (C=O) groups is 1. The SMILES string of the molecule is COc1cc([C@@H]2C(C(=O)NCc3ccccc3)=C(C)Nc3ncnn32)ccc1OCc1ccccc1F. The van der Waals surface area contributed by atoms with Crippen molar-refractivity contribution >= 4 is 11.9 Å². The summed E-state index contributed by atoms with van der Waals surface area (Å²) >= 11 is 0. The maximum atomic E-state index is 14.0. The van der Waals surface area contributed by atoms with E-state index < -0.39 is 6.04 Å². The van der Waals surface area contributed by atoms with Crippen LogP contribution in [0.3, 0.4) is 0 Å². The summed E-state index contributed by atoms with van der Waals surface area (Å²) in [5.41, 5.74) is 3.38. The standard InChI is InChI=1S/C28H26FN5O3/c1-18-25(27(35)30-15-19-8-4-3-5-9-19)26(34-28(33-18)31-17-32-34)20-12-13-23(24(14-20)36-2)37-16-21-10-6-7-11-22(21)29/h3-14,17,26H,15-16H2,1-2H3,(H,30,35)(H,31,32,33)/t26-/m1/s1. The molecule has 1 aliphatic heterocycles. The molecule has 0 aliphatic carbocycles. The monoisotopic (exact) mass is 499 g/mol. The minimum atomic E-state index is -0.552. The molecule has 1 aliphatic rings. The fourth-order valence-electron chi connectivity index (χ4n) is 4.31. The van der Waals surface area contributed by atoms with E-state index in [1.807, 2.05) is 43.3 Å². The zero-order valence-corrected chi connectivity index (χ0v) is 20.4. The lowest BCUT2D eigenvalue weighted by atomic mass is 9.94. The minimum absolute atomic E-state index is 0.0507. The number of halogens is 1. The number of benzene rings is 3. The molecule has 0 spiro atoms. The summed E-state index contributed by atoms with van der Waals surface area (Å²) in [6.45, 7) is 2.28. The van der Waals surface area contributed by atoms with Crippen LogP contribution in [0.1, 0.15) is 29.7 Å². The fraction of sp³-hybridized carbons (Fsp3) is 0.179. The van der Waals surface area contributed by atoms with E-state index in [0.717, 1.165) is 11.1 Å². The number of amides is 1. The molecule has 0 unspecified atom stereocenters. The zero-order chi connectivity index (χ0) is 25.8. The molecule has 2 N–H and O–H groups in total. The summed E-state index contributed by atoms with van der Waals surface area (Å²) in [7, 11) is 1.53. The predicted octanol–water partition coefficient (Wildman–Crippen LogP) is 4.61. The Labute approximate surface area is 213 Å². The van der Waals surface area contributed by atoms with E-state index in [4.69, 9.17) is 9.47 Å². The van der Waals surface area contributed by atoms with Crippen molar-refractivity contribution in [1.29, 1.82) is 0 Å². The van der Waals surface area contributed by atoms with Crippen LogP contribution < -0.4 is 20.1 Å². The van der Waals surface area contributed by atoms with E-state index in [1.54, 1.807) is 35.0 Å². The normalized spacial score (nSPS) is 14.5. The second-order valence-electron chi connectivity index (χ2n) is 8.55. The van der Waals surface area contributed by atoms with Crippen LogP contribution in [0, 0.1) is 5.82 Å². The Balaban J connectivity index is 1.44. The minimum Gasteiger partial charge on any atom is -0.493 e. The third-order valence-electron chi connectivity index (χ3n) is 6.18. The number of allylic oxidation sites excluding steroid dienone is 1. The number of anilines is 1. The summed E-state index contributed by atoms with van der Waals surface area (Å²) < 4.78 is 27.2. The highest BCUT2D eigenvalue weighted by Gasteiger charge is 2.33. The molecular formula is C28H26FN5O3. The van der Waals surface area contributed by atoms with E-state index in [2.05, 4.69) is 20.7 Å². The van der Waals surface area contributed by atoms with Crippen molar-refractivity contribution < 1.29 is 18.7 Å². The largest absolute Gasteiger partial charge is 0.493 e. The second kappa shape index (κ2) is 10.5. The third kappa shape index (κ3) is 5.02. The van der Waals surface area contributed by atoms with Crippen LogP contribution in [0.5, 0.6) is 11.5 Å². The van der Waals surface area contributed by atoms with Gasteiger partial charge in [-0.3, -0.25) is 4.79 Å². The van der Waals surface area contributed by atoms with Crippen molar-refractivity contribution in [2.24, 2.45) is 0 Å². The molecule has 37 heavy (non-hydrogen) atoms. The van der Waals surface area contributed by atoms with Gasteiger partial charge < -0.3 is 20.1 Å². The molecule has 9 heteroatoms. The Morgan fingerprint density at radius 1 is 1.08 bits per heavy atom. The molecule has 188 valence electrons. The van der Waals surface area contributed by atoms with Crippen molar-refractivity contribution in [1.82, 2.24) is 20.1 Å². The quantitative estimate of drug-likeness (QED) is 0.368. The Morgan fingerprint density at radius 3 is 2.65 bits per heavy atom. The maximum Gasteiger partial charge on any atom is 0.251 e. The Hall–Kier alpha value is -4.66.